The van der Waals surface area contributed by atoms with Crippen molar-refractivity contribution in [3.63, 3.8) is 0 Å². The molecule has 7 atom stereocenters. The summed E-state index contributed by atoms with van der Waals surface area (Å²) in [5.41, 5.74) is 1.49. The molecule has 3 saturated carbocycles. The lowest BCUT2D eigenvalue weighted by Crippen LogP contribution is -2.51. The molecule has 0 bridgehead atoms. The van der Waals surface area contributed by atoms with Gasteiger partial charge in [0.15, 0.2) is 5.78 Å². The molecule has 0 heterocycles. The molecule has 4 rings (SSSR count). The quantitative estimate of drug-likeness (QED) is 0.664. The molecule has 7 unspecified atom stereocenters. The van der Waals surface area contributed by atoms with E-state index < -0.39 is 0 Å². The van der Waals surface area contributed by atoms with Crippen LogP contribution in [-0.2, 0) is 14.3 Å². The monoisotopic (exact) mass is 356 g/mol. The summed E-state index contributed by atoms with van der Waals surface area (Å²) in [6, 6.07) is 0. The summed E-state index contributed by atoms with van der Waals surface area (Å²) < 4.78 is 5.96. The van der Waals surface area contributed by atoms with Crippen LogP contribution in [0.25, 0.3) is 0 Å². The maximum absolute atomic E-state index is 12.0. The van der Waals surface area contributed by atoms with Crippen LogP contribution in [0, 0.1) is 34.5 Å². The summed E-state index contributed by atoms with van der Waals surface area (Å²) in [6.07, 6.45) is 12.1. The first-order chi connectivity index (χ1) is 12.3. The summed E-state index contributed by atoms with van der Waals surface area (Å²) in [5.74, 6) is 2.43. The highest BCUT2D eigenvalue weighted by atomic mass is 16.5. The van der Waals surface area contributed by atoms with E-state index in [1.54, 1.807) is 6.08 Å². The highest BCUT2D eigenvalue weighted by Crippen LogP contribution is 2.65. The smallest absolute Gasteiger partial charge is 0.305 e. The van der Waals surface area contributed by atoms with Crippen molar-refractivity contribution in [1.82, 2.24) is 0 Å². The van der Waals surface area contributed by atoms with Crippen LogP contribution in [0.5, 0.6) is 0 Å². The predicted molar refractivity (Wildman–Crippen MR) is 101 cm³/mol. The molecule has 3 fully saturated rings. The van der Waals surface area contributed by atoms with Gasteiger partial charge in [-0.3, -0.25) is 9.59 Å². The molecule has 0 aromatic rings. The molecule has 4 aliphatic carbocycles. The van der Waals surface area contributed by atoms with E-state index in [0.29, 0.717) is 30.1 Å². The van der Waals surface area contributed by atoms with E-state index in [1.807, 2.05) is 13.0 Å². The fourth-order valence-electron chi connectivity index (χ4n) is 6.99. The molecule has 0 aromatic heterocycles. The first-order valence-corrected chi connectivity index (χ1v) is 10.4. The SMILES string of the molecule is CCC(=O)OC1C(C)CC2C3CCC4=CC(=O)C=CC4(C)C3CCC21C. The third-order valence-corrected chi connectivity index (χ3v) is 8.33. The van der Waals surface area contributed by atoms with Crippen molar-refractivity contribution in [2.24, 2.45) is 34.5 Å². The number of hydrogen-bond donors (Lipinski definition) is 0. The van der Waals surface area contributed by atoms with Crippen LogP contribution in [0.4, 0.5) is 0 Å². The second-order valence-electron chi connectivity index (χ2n) is 9.62. The molecule has 0 saturated heterocycles. The van der Waals surface area contributed by atoms with Gasteiger partial charge in [0.2, 0.25) is 0 Å². The van der Waals surface area contributed by atoms with Gasteiger partial charge in [0, 0.05) is 17.3 Å². The van der Waals surface area contributed by atoms with Gasteiger partial charge in [-0.25, -0.2) is 0 Å². The molecule has 0 N–H and O–H groups in total. The van der Waals surface area contributed by atoms with Crippen LogP contribution >= 0.6 is 0 Å². The zero-order valence-electron chi connectivity index (χ0n) is 16.6. The summed E-state index contributed by atoms with van der Waals surface area (Å²) in [5, 5.41) is 0. The number of carbonyl (C=O) groups excluding carboxylic acids is 2. The van der Waals surface area contributed by atoms with E-state index in [-0.39, 0.29) is 28.7 Å². The Morgan fingerprint density at radius 3 is 2.77 bits per heavy atom. The van der Waals surface area contributed by atoms with E-state index in [4.69, 9.17) is 4.74 Å². The highest BCUT2D eigenvalue weighted by Gasteiger charge is 2.61. The van der Waals surface area contributed by atoms with Crippen molar-refractivity contribution >= 4 is 11.8 Å². The number of hydrogen-bond acceptors (Lipinski definition) is 3. The predicted octanol–water partition coefficient (Wildman–Crippen LogP) is 4.86. The van der Waals surface area contributed by atoms with Gasteiger partial charge in [0.25, 0.3) is 0 Å². The van der Waals surface area contributed by atoms with Crippen LogP contribution in [0.1, 0.15) is 66.2 Å². The number of allylic oxidation sites excluding steroid dienone is 4. The second-order valence-corrected chi connectivity index (χ2v) is 9.62. The zero-order valence-corrected chi connectivity index (χ0v) is 16.6. The molecule has 0 aliphatic heterocycles. The van der Waals surface area contributed by atoms with Gasteiger partial charge in [-0.1, -0.05) is 39.3 Å². The highest BCUT2D eigenvalue weighted by molar-refractivity contribution is 6.01. The molecule has 0 aromatic carbocycles. The van der Waals surface area contributed by atoms with Crippen LogP contribution in [0.15, 0.2) is 23.8 Å². The first kappa shape index (κ1) is 18.0. The van der Waals surface area contributed by atoms with Crippen molar-refractivity contribution in [3.05, 3.63) is 23.8 Å². The Morgan fingerprint density at radius 1 is 1.27 bits per heavy atom. The van der Waals surface area contributed by atoms with E-state index in [0.717, 1.165) is 25.7 Å². The van der Waals surface area contributed by atoms with Crippen molar-refractivity contribution in [3.8, 4) is 0 Å². The van der Waals surface area contributed by atoms with Gasteiger partial charge in [0.1, 0.15) is 6.10 Å². The number of ketones is 1. The summed E-state index contributed by atoms with van der Waals surface area (Å²) in [4.78, 5) is 23.9. The maximum Gasteiger partial charge on any atom is 0.305 e. The van der Waals surface area contributed by atoms with Gasteiger partial charge in [0.05, 0.1) is 0 Å². The standard InChI is InChI=1S/C23H32O3/c1-5-20(25)26-21-14(2)12-19-17-7-6-15-13-16(24)8-10-22(15,3)18(17)9-11-23(19,21)4/h8,10,13-14,17-19,21H,5-7,9,11-12H2,1-4H3. The molecule has 0 radical (unpaired) electrons. The molecule has 3 nitrogen and oxygen atoms in total. The molecule has 3 heteroatoms. The average Bonchev–Trinajstić information content (AvgIpc) is 2.86. The number of esters is 1. The van der Waals surface area contributed by atoms with Crippen LogP contribution in [-0.4, -0.2) is 17.9 Å². The van der Waals surface area contributed by atoms with E-state index in [9.17, 15) is 9.59 Å². The Morgan fingerprint density at radius 2 is 2.04 bits per heavy atom. The number of ether oxygens (including phenoxy) is 1. The minimum atomic E-state index is -0.0552. The topological polar surface area (TPSA) is 43.4 Å². The number of carbonyl (C=O) groups is 2. The van der Waals surface area contributed by atoms with Gasteiger partial charge >= 0.3 is 5.97 Å². The third kappa shape index (κ3) is 2.46. The summed E-state index contributed by atoms with van der Waals surface area (Å²) in [7, 11) is 0. The van der Waals surface area contributed by atoms with Crippen LogP contribution < -0.4 is 0 Å². The molecule has 0 spiro atoms. The van der Waals surface area contributed by atoms with Gasteiger partial charge in [-0.05, 0) is 67.9 Å². The largest absolute Gasteiger partial charge is 0.461 e. The Labute approximate surface area is 157 Å². The van der Waals surface area contributed by atoms with Crippen LogP contribution in [0.3, 0.4) is 0 Å². The molecular formula is C23H32O3. The minimum absolute atomic E-state index is 0.0412. The van der Waals surface area contributed by atoms with Crippen molar-refractivity contribution < 1.29 is 14.3 Å². The minimum Gasteiger partial charge on any atom is -0.461 e. The lowest BCUT2D eigenvalue weighted by atomic mass is 9.48. The van der Waals surface area contributed by atoms with E-state index in [2.05, 4.69) is 26.8 Å². The fraction of sp³-hybridized carbons (Fsp3) is 0.739. The maximum atomic E-state index is 12.0. The van der Waals surface area contributed by atoms with Crippen molar-refractivity contribution in [1.29, 1.82) is 0 Å². The molecule has 0 amide bonds. The Hall–Kier alpha value is -1.38. The lowest BCUT2D eigenvalue weighted by Gasteiger charge is -2.56. The van der Waals surface area contributed by atoms with Gasteiger partial charge < -0.3 is 4.74 Å². The summed E-state index contributed by atoms with van der Waals surface area (Å²) >= 11 is 0. The van der Waals surface area contributed by atoms with Crippen molar-refractivity contribution in [2.75, 3.05) is 0 Å². The number of fused-ring (bicyclic) bond motifs is 5. The van der Waals surface area contributed by atoms with E-state index >= 15 is 0 Å². The Balaban J connectivity index is 1.63. The number of rotatable bonds is 2. The second kappa shape index (κ2) is 6.07. The van der Waals surface area contributed by atoms with Gasteiger partial charge in [-0.15, -0.1) is 0 Å². The first-order valence-electron chi connectivity index (χ1n) is 10.4. The van der Waals surface area contributed by atoms with Crippen LogP contribution in [0.2, 0.25) is 0 Å². The Bertz CT molecular complexity index is 690. The average molecular weight is 357 g/mol. The lowest BCUT2D eigenvalue weighted by molar-refractivity contribution is -0.161. The molecular weight excluding hydrogens is 324 g/mol. The Kier molecular flexibility index (Phi) is 4.20. The normalized spacial score (nSPS) is 46.8. The molecule has 4 aliphatic rings. The van der Waals surface area contributed by atoms with E-state index in [1.165, 1.54) is 12.0 Å². The zero-order chi connectivity index (χ0) is 18.7. The van der Waals surface area contributed by atoms with Crippen molar-refractivity contribution in [2.45, 2.75) is 72.3 Å². The molecule has 26 heavy (non-hydrogen) atoms. The fourth-order valence-corrected chi connectivity index (χ4v) is 6.99. The summed E-state index contributed by atoms with van der Waals surface area (Å²) in [6.45, 7) is 8.86. The third-order valence-electron chi connectivity index (χ3n) is 8.33. The van der Waals surface area contributed by atoms with Gasteiger partial charge in [-0.2, -0.15) is 0 Å². The molecule has 142 valence electrons.